The Balaban J connectivity index is 2.02. The molecule has 6 nitrogen and oxygen atoms in total. The van der Waals surface area contributed by atoms with Crippen molar-refractivity contribution in [3.63, 3.8) is 0 Å². The molecule has 0 atom stereocenters. The smallest absolute Gasteiger partial charge is 0.412 e. The standard InChI is InChI=1S/C28H27FN2O4/c1-18(2)16-31-26(30(3)28(33)34)25(22-11-7-8-12-24(22)29)23-15-20(13-14-21(23)27(31)32)35-17-19-9-5-4-6-10-19/h4-15,18H,16-17H2,1-3H3,(H,33,34). The maximum absolute atomic E-state index is 15.1. The van der Waals surface area contributed by atoms with Crippen molar-refractivity contribution in [3.8, 4) is 16.9 Å². The average Bonchev–Trinajstić information content (AvgIpc) is 2.84. The van der Waals surface area contributed by atoms with Gasteiger partial charge in [-0.25, -0.2) is 9.18 Å². The summed E-state index contributed by atoms with van der Waals surface area (Å²) < 4.78 is 22.5. The van der Waals surface area contributed by atoms with Gasteiger partial charge in [0.25, 0.3) is 5.56 Å². The molecule has 0 aliphatic carbocycles. The third-order valence-corrected chi connectivity index (χ3v) is 5.76. The van der Waals surface area contributed by atoms with Gasteiger partial charge in [0.1, 0.15) is 24.0 Å². The van der Waals surface area contributed by atoms with E-state index in [0.29, 0.717) is 28.7 Å². The van der Waals surface area contributed by atoms with Gasteiger partial charge in [0, 0.05) is 35.5 Å². The SMILES string of the molecule is CC(C)Cn1c(N(C)C(=O)O)c(-c2ccccc2F)c2cc(OCc3ccccc3)ccc2c1=O. The Kier molecular flexibility index (Phi) is 6.87. The number of pyridine rings is 1. The zero-order valence-electron chi connectivity index (χ0n) is 19.9. The fourth-order valence-corrected chi connectivity index (χ4v) is 4.15. The fraction of sp³-hybridized carbons (Fsp3) is 0.214. The Morgan fingerprint density at radius 2 is 1.71 bits per heavy atom. The van der Waals surface area contributed by atoms with Crippen LogP contribution in [0.4, 0.5) is 15.0 Å². The molecule has 0 aliphatic rings. The molecule has 3 aromatic carbocycles. The lowest BCUT2D eigenvalue weighted by Crippen LogP contribution is -2.34. The van der Waals surface area contributed by atoms with Gasteiger partial charge >= 0.3 is 6.09 Å². The Bertz CT molecular complexity index is 1430. The van der Waals surface area contributed by atoms with Crippen LogP contribution < -0.4 is 15.2 Å². The van der Waals surface area contributed by atoms with Crippen LogP contribution in [-0.2, 0) is 13.2 Å². The highest BCUT2D eigenvalue weighted by Gasteiger charge is 2.26. The van der Waals surface area contributed by atoms with E-state index in [1.807, 2.05) is 44.2 Å². The van der Waals surface area contributed by atoms with E-state index in [0.717, 1.165) is 10.5 Å². The van der Waals surface area contributed by atoms with Gasteiger partial charge < -0.3 is 9.84 Å². The normalized spacial score (nSPS) is 11.1. The van der Waals surface area contributed by atoms with Crippen molar-refractivity contribution in [2.24, 2.45) is 5.92 Å². The molecule has 35 heavy (non-hydrogen) atoms. The first-order valence-corrected chi connectivity index (χ1v) is 11.4. The predicted octanol–water partition coefficient (Wildman–Crippen LogP) is 6.16. The van der Waals surface area contributed by atoms with Crippen LogP contribution in [0, 0.1) is 11.7 Å². The molecular formula is C28H27FN2O4. The van der Waals surface area contributed by atoms with Crippen LogP contribution in [0.15, 0.2) is 77.6 Å². The van der Waals surface area contributed by atoms with Gasteiger partial charge in [0.05, 0.1) is 0 Å². The summed E-state index contributed by atoms with van der Waals surface area (Å²) in [5.74, 6) is 0.144. The van der Waals surface area contributed by atoms with E-state index in [4.69, 9.17) is 4.74 Å². The maximum atomic E-state index is 15.1. The number of hydrogen-bond acceptors (Lipinski definition) is 3. The van der Waals surface area contributed by atoms with E-state index in [9.17, 15) is 14.7 Å². The summed E-state index contributed by atoms with van der Waals surface area (Å²) in [5, 5.41) is 10.6. The van der Waals surface area contributed by atoms with Gasteiger partial charge in [-0.15, -0.1) is 0 Å². The van der Waals surface area contributed by atoms with Crippen LogP contribution in [0.1, 0.15) is 19.4 Å². The number of carboxylic acid groups (broad SMARTS) is 1. The van der Waals surface area contributed by atoms with Crippen molar-refractivity contribution in [1.82, 2.24) is 4.57 Å². The summed E-state index contributed by atoms with van der Waals surface area (Å²) in [4.78, 5) is 26.6. The molecule has 0 bridgehead atoms. The summed E-state index contributed by atoms with van der Waals surface area (Å²) in [7, 11) is 1.36. The van der Waals surface area contributed by atoms with E-state index in [1.54, 1.807) is 36.4 Å². The van der Waals surface area contributed by atoms with E-state index in [-0.39, 0.29) is 29.4 Å². The molecule has 180 valence electrons. The molecule has 4 rings (SSSR count). The molecule has 0 saturated heterocycles. The fourth-order valence-electron chi connectivity index (χ4n) is 4.15. The topological polar surface area (TPSA) is 71.8 Å². The van der Waals surface area contributed by atoms with Crippen molar-refractivity contribution in [3.05, 3.63) is 94.5 Å². The first-order valence-electron chi connectivity index (χ1n) is 11.4. The molecule has 0 aliphatic heterocycles. The maximum Gasteiger partial charge on any atom is 0.412 e. The molecule has 4 aromatic rings. The Morgan fingerprint density at radius 3 is 2.37 bits per heavy atom. The Hall–Kier alpha value is -4.13. The molecule has 0 saturated carbocycles. The molecule has 1 heterocycles. The number of halogens is 1. The minimum Gasteiger partial charge on any atom is -0.489 e. The Labute approximate surface area is 202 Å². The van der Waals surface area contributed by atoms with Crippen LogP contribution in [0.3, 0.4) is 0 Å². The van der Waals surface area contributed by atoms with Crippen LogP contribution in [-0.4, -0.2) is 22.8 Å². The molecule has 7 heteroatoms. The lowest BCUT2D eigenvalue weighted by Gasteiger charge is -2.26. The second-order valence-electron chi connectivity index (χ2n) is 8.81. The van der Waals surface area contributed by atoms with Gasteiger partial charge in [-0.3, -0.25) is 14.3 Å². The number of amides is 1. The first-order chi connectivity index (χ1) is 16.8. The largest absolute Gasteiger partial charge is 0.489 e. The zero-order chi connectivity index (χ0) is 25.1. The third-order valence-electron chi connectivity index (χ3n) is 5.76. The molecule has 0 fully saturated rings. The lowest BCUT2D eigenvalue weighted by molar-refractivity contribution is 0.203. The van der Waals surface area contributed by atoms with Crippen LogP contribution in [0.2, 0.25) is 0 Å². The molecular weight excluding hydrogens is 447 g/mol. The summed E-state index contributed by atoms with van der Waals surface area (Å²) in [5.41, 5.74) is 1.17. The minimum atomic E-state index is -1.25. The van der Waals surface area contributed by atoms with Crippen molar-refractivity contribution in [2.75, 3.05) is 11.9 Å². The molecule has 0 spiro atoms. The second-order valence-corrected chi connectivity index (χ2v) is 8.81. The zero-order valence-corrected chi connectivity index (χ0v) is 19.9. The number of fused-ring (bicyclic) bond motifs is 1. The van der Waals surface area contributed by atoms with E-state index < -0.39 is 11.9 Å². The highest BCUT2D eigenvalue weighted by molar-refractivity contribution is 6.05. The van der Waals surface area contributed by atoms with Crippen LogP contribution >= 0.6 is 0 Å². The molecule has 0 unspecified atom stereocenters. The van der Waals surface area contributed by atoms with Gasteiger partial charge in [-0.2, -0.15) is 0 Å². The quantitative estimate of drug-likeness (QED) is 0.348. The molecule has 1 N–H and O–H groups in total. The van der Waals surface area contributed by atoms with E-state index in [2.05, 4.69) is 0 Å². The number of ether oxygens (including phenoxy) is 1. The predicted molar refractivity (Wildman–Crippen MR) is 136 cm³/mol. The average molecular weight is 475 g/mol. The van der Waals surface area contributed by atoms with Crippen molar-refractivity contribution < 1.29 is 19.0 Å². The highest BCUT2D eigenvalue weighted by atomic mass is 19.1. The van der Waals surface area contributed by atoms with Gasteiger partial charge in [-0.05, 0) is 35.7 Å². The summed E-state index contributed by atoms with van der Waals surface area (Å²) >= 11 is 0. The van der Waals surface area contributed by atoms with E-state index in [1.165, 1.54) is 17.7 Å². The number of aromatic nitrogens is 1. The molecule has 1 aromatic heterocycles. The highest BCUT2D eigenvalue weighted by Crippen LogP contribution is 2.39. The number of benzene rings is 3. The molecule has 1 amide bonds. The van der Waals surface area contributed by atoms with Crippen molar-refractivity contribution in [1.29, 1.82) is 0 Å². The van der Waals surface area contributed by atoms with E-state index >= 15 is 4.39 Å². The summed E-state index contributed by atoms with van der Waals surface area (Å²) in [6, 6.07) is 20.8. The van der Waals surface area contributed by atoms with Gasteiger partial charge in [0.15, 0.2) is 0 Å². The lowest BCUT2D eigenvalue weighted by atomic mass is 9.97. The van der Waals surface area contributed by atoms with Crippen LogP contribution in [0.25, 0.3) is 21.9 Å². The van der Waals surface area contributed by atoms with Gasteiger partial charge in [-0.1, -0.05) is 62.4 Å². The number of rotatable bonds is 7. The summed E-state index contributed by atoms with van der Waals surface area (Å²) in [6.45, 7) is 4.46. The summed E-state index contributed by atoms with van der Waals surface area (Å²) in [6.07, 6.45) is -1.25. The van der Waals surface area contributed by atoms with Crippen molar-refractivity contribution >= 4 is 22.7 Å². The number of carbonyl (C=O) groups is 1. The monoisotopic (exact) mass is 474 g/mol. The van der Waals surface area contributed by atoms with Crippen LogP contribution in [0.5, 0.6) is 5.75 Å². The molecule has 0 radical (unpaired) electrons. The van der Waals surface area contributed by atoms with Gasteiger partial charge in [0.2, 0.25) is 0 Å². The Morgan fingerprint density at radius 1 is 1.03 bits per heavy atom. The van der Waals surface area contributed by atoms with Crippen molar-refractivity contribution in [2.45, 2.75) is 27.0 Å². The number of anilines is 1. The third kappa shape index (κ3) is 4.89. The minimum absolute atomic E-state index is 0.0491. The second kappa shape index (κ2) is 10.0. The number of nitrogens with zero attached hydrogens (tertiary/aromatic N) is 2. The first kappa shape index (κ1) is 24.0. The number of hydrogen-bond donors (Lipinski definition) is 1.